The van der Waals surface area contributed by atoms with Crippen molar-refractivity contribution in [2.75, 3.05) is 51.2 Å². The van der Waals surface area contributed by atoms with Crippen LogP contribution in [0, 0.1) is 40.5 Å². The van der Waals surface area contributed by atoms with Gasteiger partial charge in [-0.1, -0.05) is 6.07 Å². The highest BCUT2D eigenvalue weighted by Gasteiger charge is 2.31. The Hall–Kier alpha value is -2.90. The van der Waals surface area contributed by atoms with E-state index in [0.29, 0.717) is 25.9 Å². The summed E-state index contributed by atoms with van der Waals surface area (Å²) in [5, 5.41) is 1.24. The number of likely N-dealkylation sites (N-methyl/N-ethyl adjacent to an activating group) is 1. The van der Waals surface area contributed by atoms with Crippen LogP contribution in [-0.2, 0) is 11.3 Å². The number of amides is 1. The summed E-state index contributed by atoms with van der Waals surface area (Å²) in [6, 6.07) is 8.65. The van der Waals surface area contributed by atoms with Crippen LogP contribution in [0.15, 0.2) is 24.3 Å². The Morgan fingerprint density at radius 2 is 1.49 bits per heavy atom. The van der Waals surface area contributed by atoms with Crippen LogP contribution in [0.2, 0.25) is 0 Å². The minimum atomic E-state index is -0.285. The van der Waals surface area contributed by atoms with Gasteiger partial charge in [0.2, 0.25) is 0 Å². The van der Waals surface area contributed by atoms with Crippen molar-refractivity contribution < 1.29 is 14.3 Å². The molecule has 0 saturated carbocycles. The lowest BCUT2D eigenvalue weighted by molar-refractivity contribution is 0.0716. The summed E-state index contributed by atoms with van der Waals surface area (Å²) in [6.45, 7) is 16.0. The van der Waals surface area contributed by atoms with Crippen LogP contribution in [0.1, 0.15) is 55.9 Å². The molecule has 6 nitrogen and oxygen atoms in total. The highest BCUT2D eigenvalue weighted by Crippen LogP contribution is 2.35. The van der Waals surface area contributed by atoms with Crippen LogP contribution in [-0.4, -0.2) is 68.0 Å². The molecule has 2 aromatic carbocycles. The number of fused-ring (bicyclic) bond motifs is 1. The second kappa shape index (κ2) is 11.3. The van der Waals surface area contributed by atoms with Gasteiger partial charge in [-0.3, -0.25) is 4.79 Å². The van der Waals surface area contributed by atoms with Crippen LogP contribution in [0.5, 0.6) is 0 Å². The van der Waals surface area contributed by atoms with Gasteiger partial charge in [0.05, 0.1) is 0 Å². The Labute approximate surface area is 236 Å². The van der Waals surface area contributed by atoms with Crippen molar-refractivity contribution in [1.82, 2.24) is 9.80 Å². The molecule has 1 amide bonds. The number of anilines is 1. The number of thiophene rings is 1. The smallest absolute Gasteiger partial charge is 0.410 e. The fraction of sp³-hybridized carbons (Fsp3) is 0.500. The van der Waals surface area contributed by atoms with E-state index in [0.717, 1.165) is 47.7 Å². The van der Waals surface area contributed by atoms with E-state index in [4.69, 9.17) is 4.74 Å². The maximum Gasteiger partial charge on any atom is 0.410 e. The van der Waals surface area contributed by atoms with Crippen molar-refractivity contribution in [3.63, 3.8) is 0 Å². The molecule has 0 N–H and O–H groups in total. The van der Waals surface area contributed by atoms with Gasteiger partial charge in [0.15, 0.2) is 5.78 Å². The Kier molecular flexibility index (Phi) is 8.01. The number of carbonyl (C=O) groups excluding carboxylic acids is 2. The summed E-state index contributed by atoms with van der Waals surface area (Å²) in [6.07, 6.45) is 1.07. The quantitative estimate of drug-likeness (QED) is 0.345. The summed E-state index contributed by atoms with van der Waals surface area (Å²) in [4.78, 5) is 34.1. The predicted octanol–water partition coefficient (Wildman–Crippen LogP) is 6.43. The lowest BCUT2D eigenvalue weighted by atomic mass is 9.81. The third-order valence-corrected chi connectivity index (χ3v) is 10.2. The molecule has 39 heavy (non-hydrogen) atoms. The zero-order chi connectivity index (χ0) is 27.8. The van der Waals surface area contributed by atoms with Crippen molar-refractivity contribution in [3.05, 3.63) is 62.5 Å². The number of rotatable bonds is 5. The zero-order valence-corrected chi connectivity index (χ0v) is 25.0. The number of piperazine rings is 1. The summed E-state index contributed by atoms with van der Waals surface area (Å²) in [5.41, 5.74) is 8.04. The topological polar surface area (TPSA) is 53.1 Å². The summed E-state index contributed by atoms with van der Waals surface area (Å²) in [5.74, 6) is 0.175. The fourth-order valence-corrected chi connectivity index (χ4v) is 7.11. The Balaban J connectivity index is 1.19. The number of hydrogen-bond donors (Lipinski definition) is 0. The van der Waals surface area contributed by atoms with Gasteiger partial charge in [0, 0.05) is 71.4 Å². The van der Waals surface area contributed by atoms with E-state index in [1.54, 1.807) is 16.2 Å². The minimum absolute atomic E-state index is 0.0523. The summed E-state index contributed by atoms with van der Waals surface area (Å²) < 4.78 is 6.98. The molecule has 3 heterocycles. The predicted molar refractivity (Wildman–Crippen MR) is 160 cm³/mol. The number of piperidine rings is 1. The van der Waals surface area contributed by atoms with Gasteiger partial charge < -0.3 is 19.4 Å². The van der Waals surface area contributed by atoms with E-state index >= 15 is 0 Å². The molecule has 2 aliphatic heterocycles. The maximum absolute atomic E-state index is 13.5. The van der Waals surface area contributed by atoms with Gasteiger partial charge in [-0.05, 0) is 101 Å². The number of ketones is 1. The minimum Gasteiger partial charge on any atom is -0.444 e. The van der Waals surface area contributed by atoms with Gasteiger partial charge in [-0.15, -0.1) is 11.3 Å². The molecule has 1 aromatic heterocycles. The van der Waals surface area contributed by atoms with Crippen molar-refractivity contribution in [2.24, 2.45) is 5.92 Å². The number of likely N-dealkylation sites (tertiary alicyclic amines) is 1. The molecule has 208 valence electrons. The monoisotopic (exact) mass is 547 g/mol. The zero-order valence-electron chi connectivity index (χ0n) is 24.2. The maximum atomic E-state index is 13.5. The fourth-order valence-electron chi connectivity index (χ4n) is 6.11. The van der Waals surface area contributed by atoms with E-state index in [2.05, 4.69) is 75.7 Å². The SMILES string of the molecule is Cc1c(C)c(C)c(C(=O)C2CCN(C(=O)OCc3cc4c(N5CCN(C)CC5)cccc4s3)CC2)c(C)c1C. The van der Waals surface area contributed by atoms with Crippen molar-refractivity contribution in [1.29, 1.82) is 0 Å². The molecule has 2 aliphatic rings. The summed E-state index contributed by atoms with van der Waals surface area (Å²) in [7, 11) is 2.17. The first kappa shape index (κ1) is 27.7. The van der Waals surface area contributed by atoms with Crippen LogP contribution in [0.25, 0.3) is 10.1 Å². The van der Waals surface area contributed by atoms with E-state index in [1.807, 2.05) is 0 Å². The molecule has 0 spiro atoms. The molecule has 0 aliphatic carbocycles. The second-order valence-electron chi connectivity index (χ2n) is 11.4. The van der Waals surface area contributed by atoms with Crippen molar-refractivity contribution >= 4 is 39.0 Å². The number of carbonyl (C=O) groups is 2. The van der Waals surface area contributed by atoms with Crippen LogP contribution < -0.4 is 4.90 Å². The third-order valence-electron chi connectivity index (χ3n) is 9.14. The van der Waals surface area contributed by atoms with E-state index in [-0.39, 0.29) is 24.4 Å². The number of hydrogen-bond acceptors (Lipinski definition) is 6. The van der Waals surface area contributed by atoms with Crippen LogP contribution in [0.3, 0.4) is 0 Å². The highest BCUT2D eigenvalue weighted by molar-refractivity contribution is 7.19. The molecule has 3 aromatic rings. The second-order valence-corrected chi connectivity index (χ2v) is 12.5. The van der Waals surface area contributed by atoms with E-state index in [1.165, 1.54) is 32.5 Å². The van der Waals surface area contributed by atoms with Gasteiger partial charge in [0.25, 0.3) is 0 Å². The number of nitrogens with zero attached hydrogens (tertiary/aromatic N) is 3. The first-order chi connectivity index (χ1) is 18.7. The first-order valence-corrected chi connectivity index (χ1v) is 14.9. The highest BCUT2D eigenvalue weighted by atomic mass is 32.1. The first-order valence-electron chi connectivity index (χ1n) is 14.1. The Morgan fingerprint density at radius 1 is 0.872 bits per heavy atom. The molecule has 0 bridgehead atoms. The van der Waals surface area contributed by atoms with Gasteiger partial charge in [-0.2, -0.15) is 0 Å². The molecule has 0 unspecified atom stereocenters. The summed E-state index contributed by atoms with van der Waals surface area (Å²) >= 11 is 1.69. The number of benzene rings is 2. The van der Waals surface area contributed by atoms with E-state index in [9.17, 15) is 9.59 Å². The molecular weight excluding hydrogens is 506 g/mol. The lowest BCUT2D eigenvalue weighted by Crippen LogP contribution is -2.44. The molecule has 2 saturated heterocycles. The third kappa shape index (κ3) is 5.44. The Bertz CT molecular complexity index is 1370. The molecule has 0 atom stereocenters. The average Bonchev–Trinajstić information content (AvgIpc) is 3.38. The number of Topliss-reactive ketones (excluding diaryl/α,β-unsaturated/α-hetero) is 1. The van der Waals surface area contributed by atoms with Crippen molar-refractivity contribution in [3.8, 4) is 0 Å². The molecular formula is C32H41N3O3S. The van der Waals surface area contributed by atoms with Gasteiger partial charge in [-0.25, -0.2) is 4.79 Å². The molecule has 5 rings (SSSR count). The standard InChI is InChI=1S/C32H41N3O3S/c1-20-21(2)23(4)30(24(5)22(20)3)31(36)25-10-12-35(13-11-25)32(37)38-19-26-18-27-28(8-7-9-29(27)39-26)34-16-14-33(6)15-17-34/h7-9,18,25H,10-17,19H2,1-6H3. The van der Waals surface area contributed by atoms with Crippen LogP contribution >= 0.6 is 11.3 Å². The molecule has 0 radical (unpaired) electrons. The van der Waals surface area contributed by atoms with Gasteiger partial charge in [0.1, 0.15) is 6.61 Å². The lowest BCUT2D eigenvalue weighted by Gasteiger charge is -2.34. The average molecular weight is 548 g/mol. The largest absolute Gasteiger partial charge is 0.444 e. The Morgan fingerprint density at radius 3 is 2.13 bits per heavy atom. The van der Waals surface area contributed by atoms with Crippen molar-refractivity contribution in [2.45, 2.75) is 54.1 Å². The molecule has 2 fully saturated rings. The van der Waals surface area contributed by atoms with E-state index < -0.39 is 0 Å². The normalized spacial score (nSPS) is 17.2. The van der Waals surface area contributed by atoms with Gasteiger partial charge >= 0.3 is 6.09 Å². The van der Waals surface area contributed by atoms with Crippen LogP contribution in [0.4, 0.5) is 10.5 Å². The molecule has 7 heteroatoms. The number of ether oxygens (including phenoxy) is 1.